The topological polar surface area (TPSA) is 113 Å². The van der Waals surface area contributed by atoms with Crippen molar-refractivity contribution in [2.24, 2.45) is 5.41 Å². The zero-order valence-corrected chi connectivity index (χ0v) is 14.5. The van der Waals surface area contributed by atoms with Crippen LogP contribution in [0.25, 0.3) is 0 Å². The summed E-state index contributed by atoms with van der Waals surface area (Å²) in [6, 6.07) is 4.29. The largest absolute Gasteiger partial charge is 0.495 e. The number of nitrogens with one attached hydrogen (secondary N) is 1. The van der Waals surface area contributed by atoms with Gasteiger partial charge in [0, 0.05) is 25.7 Å². The number of carboxylic acid groups (broad SMARTS) is 1. The highest BCUT2D eigenvalue weighted by atomic mass is 32.2. The molecule has 1 aromatic carbocycles. The molecule has 132 valence electrons. The van der Waals surface area contributed by atoms with Crippen molar-refractivity contribution in [1.29, 1.82) is 0 Å². The third kappa shape index (κ3) is 3.36. The van der Waals surface area contributed by atoms with E-state index in [4.69, 9.17) is 4.74 Å². The van der Waals surface area contributed by atoms with Gasteiger partial charge in [0.1, 0.15) is 10.6 Å². The molecule has 24 heavy (non-hydrogen) atoms. The molecule has 0 bridgehead atoms. The van der Waals surface area contributed by atoms with E-state index in [0.717, 1.165) is 4.31 Å². The second kappa shape index (κ2) is 6.40. The standard InChI is InChI=1S/C15H20N2O6S/c1-10(18)16-11-4-5-12(23-3)13(8-11)24(21,22)17-7-6-15(2,9-17)14(19)20/h4-5,8H,6-7,9H2,1-3H3,(H,16,18)(H,19,20). The third-order valence-electron chi connectivity index (χ3n) is 4.06. The van der Waals surface area contributed by atoms with Crippen molar-refractivity contribution < 1.29 is 27.9 Å². The first-order valence-corrected chi connectivity index (χ1v) is 8.73. The molecule has 1 fully saturated rings. The summed E-state index contributed by atoms with van der Waals surface area (Å²) >= 11 is 0. The van der Waals surface area contributed by atoms with Gasteiger partial charge < -0.3 is 15.2 Å². The Morgan fingerprint density at radius 2 is 2.04 bits per heavy atom. The Morgan fingerprint density at radius 3 is 2.54 bits per heavy atom. The molecule has 1 aromatic rings. The van der Waals surface area contributed by atoms with Gasteiger partial charge >= 0.3 is 5.97 Å². The Hall–Kier alpha value is -2.13. The number of sulfonamides is 1. The molecule has 2 rings (SSSR count). The highest BCUT2D eigenvalue weighted by Crippen LogP contribution is 2.36. The molecular weight excluding hydrogens is 336 g/mol. The van der Waals surface area contributed by atoms with Gasteiger partial charge in [-0.15, -0.1) is 0 Å². The first kappa shape index (κ1) is 18.2. The maximum atomic E-state index is 12.9. The molecule has 1 atom stereocenters. The van der Waals surface area contributed by atoms with E-state index in [1.807, 2.05) is 0 Å². The van der Waals surface area contributed by atoms with Gasteiger partial charge in [0.2, 0.25) is 15.9 Å². The van der Waals surface area contributed by atoms with Crippen molar-refractivity contribution in [1.82, 2.24) is 4.31 Å². The van der Waals surface area contributed by atoms with Crippen LogP contribution < -0.4 is 10.1 Å². The fourth-order valence-electron chi connectivity index (χ4n) is 2.60. The van der Waals surface area contributed by atoms with Crippen LogP contribution in [0.4, 0.5) is 5.69 Å². The minimum Gasteiger partial charge on any atom is -0.495 e. The SMILES string of the molecule is COc1ccc(NC(C)=O)cc1S(=O)(=O)N1CCC(C)(C(=O)O)C1. The number of nitrogens with zero attached hydrogens (tertiary/aromatic N) is 1. The van der Waals surface area contributed by atoms with Crippen LogP contribution in [-0.4, -0.2) is 49.9 Å². The van der Waals surface area contributed by atoms with E-state index in [0.29, 0.717) is 5.69 Å². The predicted molar refractivity (Wildman–Crippen MR) is 86.4 cm³/mol. The van der Waals surface area contributed by atoms with Crippen LogP contribution in [0, 0.1) is 5.41 Å². The zero-order valence-electron chi connectivity index (χ0n) is 13.7. The van der Waals surface area contributed by atoms with E-state index < -0.39 is 21.4 Å². The Bertz CT molecular complexity index is 776. The predicted octanol–water partition coefficient (Wildman–Crippen LogP) is 1.14. The van der Waals surface area contributed by atoms with E-state index in [2.05, 4.69) is 5.32 Å². The van der Waals surface area contributed by atoms with Crippen molar-refractivity contribution in [2.45, 2.75) is 25.2 Å². The van der Waals surface area contributed by atoms with Crippen molar-refractivity contribution in [3.63, 3.8) is 0 Å². The summed E-state index contributed by atoms with van der Waals surface area (Å²) in [5.41, 5.74) is -0.794. The van der Waals surface area contributed by atoms with Gasteiger partial charge in [0.05, 0.1) is 12.5 Å². The van der Waals surface area contributed by atoms with Crippen molar-refractivity contribution >= 4 is 27.6 Å². The van der Waals surface area contributed by atoms with E-state index in [1.165, 1.54) is 39.2 Å². The molecular formula is C15H20N2O6S. The number of rotatable bonds is 5. The monoisotopic (exact) mass is 356 g/mol. The molecule has 1 unspecified atom stereocenters. The first-order chi connectivity index (χ1) is 11.1. The fourth-order valence-corrected chi connectivity index (χ4v) is 4.34. The van der Waals surface area contributed by atoms with E-state index >= 15 is 0 Å². The lowest BCUT2D eigenvalue weighted by Crippen LogP contribution is -2.35. The minimum atomic E-state index is -3.95. The second-order valence-electron chi connectivity index (χ2n) is 6.00. The minimum absolute atomic E-state index is 0.106. The number of methoxy groups -OCH3 is 1. The summed E-state index contributed by atoms with van der Waals surface area (Å²) in [7, 11) is -2.61. The van der Waals surface area contributed by atoms with Crippen LogP contribution in [0.3, 0.4) is 0 Å². The smallest absolute Gasteiger partial charge is 0.310 e. The van der Waals surface area contributed by atoms with Crippen LogP contribution in [0.1, 0.15) is 20.3 Å². The van der Waals surface area contributed by atoms with Gasteiger partial charge in [-0.3, -0.25) is 9.59 Å². The van der Waals surface area contributed by atoms with E-state index in [9.17, 15) is 23.1 Å². The average Bonchev–Trinajstić information content (AvgIpc) is 2.91. The van der Waals surface area contributed by atoms with Gasteiger partial charge in [-0.1, -0.05) is 0 Å². The lowest BCUT2D eigenvalue weighted by molar-refractivity contribution is -0.146. The number of anilines is 1. The van der Waals surface area contributed by atoms with E-state index in [-0.39, 0.29) is 36.1 Å². The van der Waals surface area contributed by atoms with Crippen molar-refractivity contribution in [2.75, 3.05) is 25.5 Å². The number of aliphatic carboxylic acids is 1. The van der Waals surface area contributed by atoms with Crippen LogP contribution in [0.15, 0.2) is 23.1 Å². The molecule has 0 spiro atoms. The van der Waals surface area contributed by atoms with Gasteiger partial charge in [-0.2, -0.15) is 4.31 Å². The average molecular weight is 356 g/mol. The number of carbonyl (C=O) groups excluding carboxylic acids is 1. The molecule has 0 aliphatic carbocycles. The van der Waals surface area contributed by atoms with Gasteiger partial charge in [-0.05, 0) is 31.5 Å². The number of carboxylic acids is 1. The highest BCUT2D eigenvalue weighted by molar-refractivity contribution is 7.89. The summed E-state index contributed by atoms with van der Waals surface area (Å²) in [6.07, 6.45) is 0.231. The van der Waals surface area contributed by atoms with Crippen LogP contribution in [-0.2, 0) is 19.6 Å². The summed E-state index contributed by atoms with van der Waals surface area (Å²) in [4.78, 5) is 22.4. The lowest BCUT2D eigenvalue weighted by Gasteiger charge is -2.21. The molecule has 1 amide bonds. The zero-order chi connectivity index (χ0) is 18.1. The molecule has 1 aliphatic rings. The van der Waals surface area contributed by atoms with Crippen LogP contribution >= 0.6 is 0 Å². The fraction of sp³-hybridized carbons (Fsp3) is 0.467. The summed E-state index contributed by atoms with van der Waals surface area (Å²) < 4.78 is 32.1. The number of hydrogen-bond acceptors (Lipinski definition) is 5. The molecule has 1 saturated heterocycles. The maximum absolute atomic E-state index is 12.9. The maximum Gasteiger partial charge on any atom is 0.310 e. The summed E-state index contributed by atoms with van der Waals surface area (Å²) in [6.45, 7) is 2.84. The number of carbonyl (C=O) groups is 2. The molecule has 0 aromatic heterocycles. The van der Waals surface area contributed by atoms with Gasteiger partial charge in [-0.25, -0.2) is 8.42 Å². The molecule has 8 nitrogen and oxygen atoms in total. The van der Waals surface area contributed by atoms with Crippen LogP contribution in [0.2, 0.25) is 0 Å². The highest BCUT2D eigenvalue weighted by Gasteiger charge is 2.45. The quantitative estimate of drug-likeness (QED) is 0.818. The lowest BCUT2D eigenvalue weighted by atomic mass is 9.90. The van der Waals surface area contributed by atoms with E-state index in [1.54, 1.807) is 0 Å². The number of amides is 1. The summed E-state index contributed by atoms with van der Waals surface area (Å²) in [5, 5.41) is 11.8. The molecule has 0 saturated carbocycles. The first-order valence-electron chi connectivity index (χ1n) is 7.29. The molecule has 0 radical (unpaired) electrons. The Kier molecular flexibility index (Phi) is 4.86. The molecule has 2 N–H and O–H groups in total. The van der Waals surface area contributed by atoms with Crippen molar-refractivity contribution in [3.05, 3.63) is 18.2 Å². The van der Waals surface area contributed by atoms with Crippen molar-refractivity contribution in [3.8, 4) is 5.75 Å². The Morgan fingerprint density at radius 1 is 1.38 bits per heavy atom. The van der Waals surface area contributed by atoms with Gasteiger partial charge in [0.25, 0.3) is 0 Å². The summed E-state index contributed by atoms with van der Waals surface area (Å²) in [5.74, 6) is -1.23. The van der Waals surface area contributed by atoms with Gasteiger partial charge in [0.15, 0.2) is 0 Å². The Balaban J connectivity index is 2.42. The van der Waals surface area contributed by atoms with Crippen LogP contribution in [0.5, 0.6) is 5.75 Å². The molecule has 1 aliphatic heterocycles. The third-order valence-corrected chi connectivity index (χ3v) is 5.92. The molecule has 9 heteroatoms. The number of benzene rings is 1. The molecule has 1 heterocycles. The normalized spacial score (nSPS) is 21.5. The number of ether oxygens (including phenoxy) is 1. The Labute approximate surface area is 140 Å². The number of hydrogen-bond donors (Lipinski definition) is 2. The second-order valence-corrected chi connectivity index (χ2v) is 7.91.